The Kier molecular flexibility index (Phi) is 6.22. The third-order valence-electron chi connectivity index (χ3n) is 5.49. The number of thiophene rings is 1. The van der Waals surface area contributed by atoms with Crippen molar-refractivity contribution in [2.45, 2.75) is 19.3 Å². The number of amides is 2. The van der Waals surface area contributed by atoms with Crippen LogP contribution < -0.4 is 10.9 Å². The van der Waals surface area contributed by atoms with Gasteiger partial charge in [0.2, 0.25) is 5.75 Å². The minimum absolute atomic E-state index is 0.0305. The summed E-state index contributed by atoms with van der Waals surface area (Å²) in [5, 5.41) is 23.3. The second-order valence-corrected chi connectivity index (χ2v) is 8.55. The molecule has 166 valence electrons. The molecule has 0 radical (unpaired) electrons. The summed E-state index contributed by atoms with van der Waals surface area (Å²) in [6.45, 7) is 1.28. The maximum Gasteiger partial charge on any atom is 0.358 e. The maximum atomic E-state index is 12.8. The van der Waals surface area contributed by atoms with Gasteiger partial charge in [-0.3, -0.25) is 4.79 Å². The van der Waals surface area contributed by atoms with Crippen LogP contribution in [-0.4, -0.2) is 50.2 Å². The smallest absolute Gasteiger partial charge is 0.358 e. The first-order chi connectivity index (χ1) is 15.4. The van der Waals surface area contributed by atoms with E-state index in [-0.39, 0.29) is 11.9 Å². The van der Waals surface area contributed by atoms with Gasteiger partial charge in [-0.15, -0.1) is 11.3 Å². The van der Waals surface area contributed by atoms with Gasteiger partial charge in [-0.2, -0.15) is 0 Å². The van der Waals surface area contributed by atoms with Crippen LogP contribution in [0.3, 0.4) is 0 Å². The summed E-state index contributed by atoms with van der Waals surface area (Å²) in [6, 6.07) is 11.7. The summed E-state index contributed by atoms with van der Waals surface area (Å²) < 4.78 is 0. The number of likely N-dealkylation sites (tertiary alicyclic amines) is 1. The minimum atomic E-state index is -1.52. The van der Waals surface area contributed by atoms with Gasteiger partial charge in [0.1, 0.15) is 0 Å². The third-order valence-corrected chi connectivity index (χ3v) is 6.41. The van der Waals surface area contributed by atoms with Crippen molar-refractivity contribution in [1.82, 2.24) is 14.9 Å². The molecule has 1 aromatic carbocycles. The van der Waals surface area contributed by atoms with E-state index >= 15 is 0 Å². The molecule has 9 nitrogen and oxygen atoms in total. The van der Waals surface area contributed by atoms with Crippen molar-refractivity contribution in [2.24, 2.45) is 5.92 Å². The molecule has 0 spiro atoms. The molecule has 2 amide bonds. The number of carbonyl (C=O) groups is 2. The topological polar surface area (TPSA) is 136 Å². The van der Waals surface area contributed by atoms with Crippen LogP contribution in [0, 0.1) is 5.92 Å². The first-order valence-corrected chi connectivity index (χ1v) is 11.0. The van der Waals surface area contributed by atoms with Crippen LogP contribution in [-0.2, 0) is 6.42 Å². The number of nitrogens with one attached hydrogen (secondary N) is 2. The first kappa shape index (κ1) is 21.6. The Morgan fingerprint density at radius 1 is 1.19 bits per heavy atom. The van der Waals surface area contributed by atoms with Crippen molar-refractivity contribution >= 4 is 29.0 Å². The molecule has 4 N–H and O–H groups in total. The predicted molar refractivity (Wildman–Crippen MR) is 120 cm³/mol. The van der Waals surface area contributed by atoms with Crippen LogP contribution in [0.25, 0.3) is 10.7 Å². The predicted octanol–water partition coefficient (Wildman–Crippen LogP) is 3.39. The second-order valence-electron chi connectivity index (χ2n) is 7.63. The lowest BCUT2D eigenvalue weighted by atomic mass is 9.90. The van der Waals surface area contributed by atoms with Crippen molar-refractivity contribution in [3.05, 3.63) is 63.4 Å². The van der Waals surface area contributed by atoms with E-state index in [1.54, 1.807) is 16.3 Å². The van der Waals surface area contributed by atoms with Crippen molar-refractivity contribution in [1.29, 1.82) is 0 Å². The van der Waals surface area contributed by atoms with E-state index in [0.29, 0.717) is 29.6 Å². The van der Waals surface area contributed by atoms with Crippen molar-refractivity contribution in [2.75, 3.05) is 18.4 Å². The Bertz CT molecular complexity index is 1180. The molecule has 4 rings (SSSR count). The molecule has 3 aromatic rings. The fourth-order valence-corrected chi connectivity index (χ4v) is 4.59. The average molecular weight is 455 g/mol. The standard InChI is InChI=1S/C22H22N4O5S/c27-17-16(21(29)30)24-19(25-20(17)28)18-15(8-11-32-18)23-22(31)26-9-6-14(7-10-26)12-13-4-2-1-3-5-13/h1-5,8,11,14,27H,6-7,9-10,12H2,(H,23,31)(H,29,30)(H,24,25,28). The molecule has 0 unspecified atom stereocenters. The van der Waals surface area contributed by atoms with Gasteiger partial charge < -0.3 is 25.4 Å². The number of aromatic carboxylic acids is 1. The lowest BCUT2D eigenvalue weighted by Crippen LogP contribution is -2.41. The summed E-state index contributed by atoms with van der Waals surface area (Å²) in [4.78, 5) is 44.3. The molecule has 1 saturated heterocycles. The minimum Gasteiger partial charge on any atom is -0.501 e. The van der Waals surface area contributed by atoms with Gasteiger partial charge in [-0.05, 0) is 42.2 Å². The number of nitrogens with zero attached hydrogens (tertiary/aromatic N) is 2. The Hall–Kier alpha value is -3.66. The molecule has 3 heterocycles. The SMILES string of the molecule is O=C(O)c1nc(-c2sccc2NC(=O)N2CCC(Cc3ccccc3)CC2)[nH]c(=O)c1O. The van der Waals surface area contributed by atoms with E-state index < -0.39 is 23.0 Å². The molecular weight excluding hydrogens is 432 g/mol. The molecule has 32 heavy (non-hydrogen) atoms. The van der Waals surface area contributed by atoms with Crippen LogP contribution in [0.5, 0.6) is 5.75 Å². The number of anilines is 1. The van der Waals surface area contributed by atoms with E-state index in [9.17, 15) is 19.5 Å². The number of rotatable bonds is 5. The zero-order valence-electron chi connectivity index (χ0n) is 17.1. The molecule has 0 aliphatic carbocycles. The number of H-pyrrole nitrogens is 1. The van der Waals surface area contributed by atoms with Crippen LogP contribution in [0.15, 0.2) is 46.6 Å². The van der Waals surface area contributed by atoms with Gasteiger partial charge in [-0.1, -0.05) is 30.3 Å². The van der Waals surface area contributed by atoms with Crippen LogP contribution in [0.4, 0.5) is 10.5 Å². The number of carboxylic acid groups (broad SMARTS) is 1. The van der Waals surface area contributed by atoms with Crippen LogP contribution in [0.2, 0.25) is 0 Å². The average Bonchev–Trinajstić information content (AvgIpc) is 3.24. The Morgan fingerprint density at radius 2 is 1.91 bits per heavy atom. The van der Waals surface area contributed by atoms with Gasteiger partial charge >= 0.3 is 12.0 Å². The molecule has 1 aliphatic heterocycles. The molecule has 1 aliphatic rings. The van der Waals surface area contributed by atoms with Crippen molar-refractivity contribution in [3.8, 4) is 16.5 Å². The van der Waals surface area contributed by atoms with Gasteiger partial charge in [0, 0.05) is 13.1 Å². The summed E-state index contributed by atoms with van der Waals surface area (Å²) in [5.41, 5.74) is 0.0134. The quantitative estimate of drug-likeness (QED) is 0.467. The maximum absolute atomic E-state index is 12.8. The highest BCUT2D eigenvalue weighted by Crippen LogP contribution is 2.32. The Morgan fingerprint density at radius 3 is 2.59 bits per heavy atom. The lowest BCUT2D eigenvalue weighted by Gasteiger charge is -2.32. The summed E-state index contributed by atoms with van der Waals surface area (Å²) >= 11 is 1.19. The Labute approximate surface area is 187 Å². The number of benzene rings is 1. The summed E-state index contributed by atoms with van der Waals surface area (Å²) in [6.07, 6.45) is 2.82. The Balaban J connectivity index is 1.42. The molecule has 0 atom stereocenters. The molecule has 10 heteroatoms. The first-order valence-electron chi connectivity index (χ1n) is 10.2. The highest BCUT2D eigenvalue weighted by Gasteiger charge is 2.25. The number of aromatic amines is 1. The van der Waals surface area contributed by atoms with E-state index in [1.165, 1.54) is 16.9 Å². The highest BCUT2D eigenvalue weighted by atomic mass is 32.1. The largest absolute Gasteiger partial charge is 0.501 e. The summed E-state index contributed by atoms with van der Waals surface area (Å²) in [5.74, 6) is -1.98. The number of aromatic hydroxyl groups is 1. The third kappa shape index (κ3) is 4.65. The van der Waals surface area contributed by atoms with Crippen molar-refractivity contribution < 1.29 is 19.8 Å². The number of hydrogen-bond acceptors (Lipinski definition) is 6. The van der Waals surface area contributed by atoms with E-state index in [0.717, 1.165) is 19.3 Å². The molecular formula is C22H22N4O5S. The summed E-state index contributed by atoms with van der Waals surface area (Å²) in [7, 11) is 0. The van der Waals surface area contributed by atoms with Gasteiger partial charge in [-0.25, -0.2) is 14.6 Å². The zero-order chi connectivity index (χ0) is 22.7. The van der Waals surface area contributed by atoms with Crippen LogP contribution in [0.1, 0.15) is 28.9 Å². The van der Waals surface area contributed by atoms with Crippen molar-refractivity contribution in [3.63, 3.8) is 0 Å². The molecule has 0 bridgehead atoms. The molecule has 2 aromatic heterocycles. The number of urea groups is 1. The highest BCUT2D eigenvalue weighted by molar-refractivity contribution is 7.14. The van der Waals surface area contributed by atoms with Gasteiger partial charge in [0.05, 0.1) is 10.6 Å². The number of aromatic nitrogens is 2. The lowest BCUT2D eigenvalue weighted by molar-refractivity contribution is 0.0686. The number of hydrogen-bond donors (Lipinski definition) is 4. The monoisotopic (exact) mass is 454 g/mol. The normalized spacial score (nSPS) is 14.3. The van der Waals surface area contributed by atoms with E-state index in [2.05, 4.69) is 27.4 Å². The van der Waals surface area contributed by atoms with E-state index in [4.69, 9.17) is 5.11 Å². The fourth-order valence-electron chi connectivity index (χ4n) is 3.80. The number of carboxylic acids is 1. The van der Waals surface area contributed by atoms with Gasteiger partial charge in [0.25, 0.3) is 5.56 Å². The van der Waals surface area contributed by atoms with Gasteiger partial charge in [0.15, 0.2) is 11.5 Å². The number of piperidine rings is 1. The molecule has 0 saturated carbocycles. The zero-order valence-corrected chi connectivity index (χ0v) is 17.9. The second kappa shape index (κ2) is 9.23. The fraction of sp³-hybridized carbons (Fsp3) is 0.273. The molecule has 1 fully saturated rings. The van der Waals surface area contributed by atoms with Crippen LogP contribution >= 0.6 is 11.3 Å². The van der Waals surface area contributed by atoms with E-state index in [1.807, 2.05) is 18.2 Å². The number of carbonyl (C=O) groups excluding carboxylic acids is 1.